The number of aliphatic hydroxyl groups is 1. The third-order valence-corrected chi connectivity index (χ3v) is 4.86. The average Bonchev–Trinajstić information content (AvgIpc) is 2.58. The third kappa shape index (κ3) is 3.79. The second-order valence-corrected chi connectivity index (χ2v) is 5.87. The lowest BCUT2D eigenvalue weighted by Gasteiger charge is -2.32. The normalized spacial score (nSPS) is 13.7. The summed E-state index contributed by atoms with van der Waals surface area (Å²) in [5.74, 6) is 1.60. The molecule has 0 fully saturated rings. The lowest BCUT2D eigenvalue weighted by atomic mass is 9.93. The second-order valence-electron chi connectivity index (χ2n) is 4.82. The van der Waals surface area contributed by atoms with Gasteiger partial charge in [0.05, 0.1) is 19.3 Å². The Bertz CT molecular complexity index is 538. The minimum absolute atomic E-state index is 0.0523. The lowest BCUT2D eigenvalue weighted by Crippen LogP contribution is -2.45. The van der Waals surface area contributed by atoms with Gasteiger partial charge in [0, 0.05) is 10.6 Å². The molecule has 0 amide bonds. The SMILES string of the molecule is CNC(CO)(CSc1ccc(OC)cc1)c1ccccc1. The van der Waals surface area contributed by atoms with Crippen LogP contribution in [-0.2, 0) is 5.54 Å². The fourth-order valence-corrected chi connectivity index (χ4v) is 3.30. The summed E-state index contributed by atoms with van der Waals surface area (Å²) in [7, 11) is 3.55. The summed E-state index contributed by atoms with van der Waals surface area (Å²) in [5, 5.41) is 13.2. The first-order valence-electron chi connectivity index (χ1n) is 6.86. The Morgan fingerprint density at radius 3 is 2.29 bits per heavy atom. The molecular formula is C17H21NO2S. The summed E-state index contributed by atoms with van der Waals surface area (Å²) < 4.78 is 5.16. The van der Waals surface area contributed by atoms with Crippen molar-refractivity contribution >= 4 is 11.8 Å². The Balaban J connectivity index is 2.13. The van der Waals surface area contributed by atoms with Gasteiger partial charge in [-0.3, -0.25) is 0 Å². The fraction of sp³-hybridized carbons (Fsp3) is 0.294. The first-order chi connectivity index (χ1) is 10.2. The van der Waals surface area contributed by atoms with Gasteiger partial charge in [0.25, 0.3) is 0 Å². The quantitative estimate of drug-likeness (QED) is 0.772. The molecule has 4 heteroatoms. The topological polar surface area (TPSA) is 41.5 Å². The first-order valence-corrected chi connectivity index (χ1v) is 7.85. The summed E-state index contributed by atoms with van der Waals surface area (Å²) in [5.41, 5.74) is 0.655. The van der Waals surface area contributed by atoms with Crippen LogP contribution in [0.4, 0.5) is 0 Å². The smallest absolute Gasteiger partial charge is 0.118 e. The maximum atomic E-state index is 9.89. The van der Waals surface area contributed by atoms with Crippen molar-refractivity contribution < 1.29 is 9.84 Å². The molecule has 0 heterocycles. The molecule has 1 unspecified atom stereocenters. The minimum Gasteiger partial charge on any atom is -0.497 e. The van der Waals surface area contributed by atoms with Crippen molar-refractivity contribution in [3.05, 3.63) is 60.2 Å². The van der Waals surface area contributed by atoms with Gasteiger partial charge in [0.1, 0.15) is 5.75 Å². The molecule has 0 aliphatic heterocycles. The number of methoxy groups -OCH3 is 1. The van der Waals surface area contributed by atoms with Gasteiger partial charge in [0.2, 0.25) is 0 Å². The van der Waals surface area contributed by atoms with E-state index in [4.69, 9.17) is 4.74 Å². The van der Waals surface area contributed by atoms with E-state index in [-0.39, 0.29) is 6.61 Å². The lowest BCUT2D eigenvalue weighted by molar-refractivity contribution is 0.187. The van der Waals surface area contributed by atoms with Gasteiger partial charge < -0.3 is 15.2 Å². The van der Waals surface area contributed by atoms with E-state index < -0.39 is 5.54 Å². The Hall–Kier alpha value is -1.49. The number of hydrogen-bond donors (Lipinski definition) is 2. The van der Waals surface area contributed by atoms with Crippen LogP contribution in [-0.4, -0.2) is 31.6 Å². The van der Waals surface area contributed by atoms with E-state index in [9.17, 15) is 5.11 Å². The zero-order chi connectivity index (χ0) is 15.1. The molecule has 0 aliphatic rings. The number of aliphatic hydroxyl groups excluding tert-OH is 1. The largest absolute Gasteiger partial charge is 0.497 e. The van der Waals surface area contributed by atoms with Gasteiger partial charge in [-0.1, -0.05) is 30.3 Å². The van der Waals surface area contributed by atoms with Gasteiger partial charge in [-0.05, 0) is 36.9 Å². The Morgan fingerprint density at radius 2 is 1.76 bits per heavy atom. The predicted molar refractivity (Wildman–Crippen MR) is 88.0 cm³/mol. The molecule has 0 aromatic heterocycles. The van der Waals surface area contributed by atoms with E-state index in [0.29, 0.717) is 0 Å². The van der Waals surface area contributed by atoms with Crippen molar-refractivity contribution in [1.82, 2.24) is 5.32 Å². The molecule has 0 radical (unpaired) electrons. The highest BCUT2D eigenvalue weighted by atomic mass is 32.2. The molecule has 0 spiro atoms. The van der Waals surface area contributed by atoms with Crippen molar-refractivity contribution in [1.29, 1.82) is 0 Å². The Labute approximate surface area is 130 Å². The van der Waals surface area contributed by atoms with Crippen molar-refractivity contribution in [2.45, 2.75) is 10.4 Å². The van der Waals surface area contributed by atoms with Crippen LogP contribution in [0.3, 0.4) is 0 Å². The Morgan fingerprint density at radius 1 is 1.10 bits per heavy atom. The van der Waals surface area contributed by atoms with Crippen LogP contribution < -0.4 is 10.1 Å². The number of hydrogen-bond acceptors (Lipinski definition) is 4. The van der Waals surface area contributed by atoms with Crippen molar-refractivity contribution in [2.75, 3.05) is 26.5 Å². The van der Waals surface area contributed by atoms with Crippen LogP contribution in [0.15, 0.2) is 59.5 Å². The molecular weight excluding hydrogens is 282 g/mol. The fourth-order valence-electron chi connectivity index (χ4n) is 2.15. The van der Waals surface area contributed by atoms with E-state index >= 15 is 0 Å². The molecule has 112 valence electrons. The molecule has 2 rings (SSSR count). The minimum atomic E-state index is -0.439. The first kappa shape index (κ1) is 15.9. The molecule has 2 aromatic carbocycles. The molecule has 2 N–H and O–H groups in total. The number of thioether (sulfide) groups is 1. The van der Waals surface area contributed by atoms with E-state index in [1.165, 1.54) is 0 Å². The monoisotopic (exact) mass is 303 g/mol. The highest BCUT2D eigenvalue weighted by molar-refractivity contribution is 7.99. The van der Waals surface area contributed by atoms with Crippen LogP contribution in [0, 0.1) is 0 Å². The molecule has 0 saturated heterocycles. The second kappa shape index (κ2) is 7.50. The standard InChI is InChI=1S/C17H21NO2S/c1-18-17(12-19,14-6-4-3-5-7-14)13-21-16-10-8-15(20-2)9-11-16/h3-11,18-19H,12-13H2,1-2H3. The van der Waals surface area contributed by atoms with Gasteiger partial charge in [-0.2, -0.15) is 0 Å². The molecule has 3 nitrogen and oxygen atoms in total. The van der Waals surface area contributed by atoms with Crippen LogP contribution in [0.1, 0.15) is 5.56 Å². The summed E-state index contributed by atoms with van der Waals surface area (Å²) >= 11 is 1.71. The number of rotatable bonds is 7. The van der Waals surface area contributed by atoms with Gasteiger partial charge in [0.15, 0.2) is 0 Å². The number of nitrogens with one attached hydrogen (secondary N) is 1. The molecule has 0 aliphatic carbocycles. The zero-order valence-electron chi connectivity index (χ0n) is 12.4. The van der Waals surface area contributed by atoms with Crippen LogP contribution >= 0.6 is 11.8 Å². The Kier molecular flexibility index (Phi) is 5.67. The van der Waals surface area contributed by atoms with E-state index in [1.54, 1.807) is 18.9 Å². The van der Waals surface area contributed by atoms with Gasteiger partial charge in [-0.15, -0.1) is 11.8 Å². The third-order valence-electron chi connectivity index (χ3n) is 3.62. The average molecular weight is 303 g/mol. The van der Waals surface area contributed by atoms with Crippen LogP contribution in [0.5, 0.6) is 5.75 Å². The summed E-state index contributed by atoms with van der Waals surface area (Å²) in [6.45, 7) is 0.0523. The summed E-state index contributed by atoms with van der Waals surface area (Å²) in [6.07, 6.45) is 0. The van der Waals surface area contributed by atoms with E-state index in [0.717, 1.165) is 22.0 Å². The number of likely N-dealkylation sites (N-methyl/N-ethyl adjacent to an activating group) is 1. The van der Waals surface area contributed by atoms with Crippen molar-refractivity contribution in [3.63, 3.8) is 0 Å². The van der Waals surface area contributed by atoms with Crippen LogP contribution in [0.2, 0.25) is 0 Å². The zero-order valence-corrected chi connectivity index (χ0v) is 13.2. The highest BCUT2D eigenvalue weighted by Crippen LogP contribution is 2.30. The molecule has 0 bridgehead atoms. The summed E-state index contributed by atoms with van der Waals surface area (Å²) in [6, 6.07) is 18.0. The van der Waals surface area contributed by atoms with Gasteiger partial charge >= 0.3 is 0 Å². The highest BCUT2D eigenvalue weighted by Gasteiger charge is 2.29. The number of ether oxygens (including phenoxy) is 1. The van der Waals surface area contributed by atoms with E-state index in [2.05, 4.69) is 5.32 Å². The maximum absolute atomic E-state index is 9.89. The van der Waals surface area contributed by atoms with Gasteiger partial charge in [-0.25, -0.2) is 0 Å². The number of benzene rings is 2. The maximum Gasteiger partial charge on any atom is 0.118 e. The summed E-state index contributed by atoms with van der Waals surface area (Å²) in [4.78, 5) is 1.15. The molecule has 0 saturated carbocycles. The van der Waals surface area contributed by atoms with Crippen LogP contribution in [0.25, 0.3) is 0 Å². The molecule has 21 heavy (non-hydrogen) atoms. The van der Waals surface area contributed by atoms with Crippen molar-refractivity contribution in [3.8, 4) is 5.75 Å². The predicted octanol–water partition coefficient (Wildman–Crippen LogP) is 2.89. The molecule has 1 atom stereocenters. The van der Waals surface area contributed by atoms with E-state index in [1.807, 2.05) is 61.6 Å². The van der Waals surface area contributed by atoms with Crippen molar-refractivity contribution in [2.24, 2.45) is 0 Å². The molecule has 2 aromatic rings.